The van der Waals surface area contributed by atoms with Gasteiger partial charge in [-0.25, -0.2) is 8.78 Å². The highest BCUT2D eigenvalue weighted by Crippen LogP contribution is 2.36. The predicted octanol–water partition coefficient (Wildman–Crippen LogP) is 4.10. The van der Waals surface area contributed by atoms with Crippen molar-refractivity contribution in [1.29, 1.82) is 0 Å². The standard InChI is InChI=1S/C16H14F2N2S/c17-11-2-4-15(10(7-11)5-6-19)21-16-9-20-14-3-1-12(18)8-13(14)16/h1-4,7-9,20H,5-6,19H2. The maximum absolute atomic E-state index is 13.4. The van der Waals surface area contributed by atoms with Crippen molar-refractivity contribution in [2.75, 3.05) is 6.54 Å². The van der Waals surface area contributed by atoms with Crippen LogP contribution in [0.2, 0.25) is 0 Å². The summed E-state index contributed by atoms with van der Waals surface area (Å²) >= 11 is 1.49. The summed E-state index contributed by atoms with van der Waals surface area (Å²) in [6.45, 7) is 0.458. The van der Waals surface area contributed by atoms with Gasteiger partial charge in [-0.2, -0.15) is 0 Å². The third-order valence-corrected chi connectivity index (χ3v) is 4.44. The van der Waals surface area contributed by atoms with E-state index in [4.69, 9.17) is 5.73 Å². The fourth-order valence-corrected chi connectivity index (χ4v) is 3.33. The van der Waals surface area contributed by atoms with Gasteiger partial charge < -0.3 is 10.7 Å². The van der Waals surface area contributed by atoms with Crippen molar-refractivity contribution in [1.82, 2.24) is 4.98 Å². The first-order valence-corrected chi connectivity index (χ1v) is 7.42. The van der Waals surface area contributed by atoms with Crippen molar-refractivity contribution in [3.05, 3.63) is 59.8 Å². The van der Waals surface area contributed by atoms with Crippen LogP contribution in [0.5, 0.6) is 0 Å². The molecule has 2 aromatic carbocycles. The Morgan fingerprint density at radius 2 is 1.76 bits per heavy atom. The minimum atomic E-state index is -0.273. The molecule has 0 radical (unpaired) electrons. The molecule has 3 N–H and O–H groups in total. The van der Waals surface area contributed by atoms with Gasteiger partial charge in [0.25, 0.3) is 0 Å². The Hall–Kier alpha value is -1.85. The molecule has 1 heterocycles. The molecule has 0 saturated carbocycles. The first kappa shape index (κ1) is 14.1. The maximum atomic E-state index is 13.4. The Morgan fingerprint density at radius 1 is 1.00 bits per heavy atom. The third-order valence-electron chi connectivity index (χ3n) is 3.26. The molecule has 0 saturated heterocycles. The number of H-pyrrole nitrogens is 1. The van der Waals surface area contributed by atoms with E-state index in [1.165, 1.54) is 36.0 Å². The highest BCUT2D eigenvalue weighted by molar-refractivity contribution is 7.99. The Balaban J connectivity index is 2.00. The molecule has 3 rings (SSSR count). The van der Waals surface area contributed by atoms with Gasteiger partial charge >= 0.3 is 0 Å². The van der Waals surface area contributed by atoms with E-state index in [9.17, 15) is 8.78 Å². The second-order valence-electron chi connectivity index (χ2n) is 4.74. The average Bonchev–Trinajstić information content (AvgIpc) is 2.84. The SMILES string of the molecule is NCCc1cc(F)ccc1Sc1c[nH]c2ccc(F)cc12. The van der Waals surface area contributed by atoms with Crippen molar-refractivity contribution in [2.24, 2.45) is 5.73 Å². The van der Waals surface area contributed by atoms with E-state index in [1.54, 1.807) is 12.1 Å². The van der Waals surface area contributed by atoms with Crippen LogP contribution in [0.1, 0.15) is 5.56 Å². The number of nitrogens with two attached hydrogens (primary N) is 1. The predicted molar refractivity (Wildman–Crippen MR) is 81.5 cm³/mol. The monoisotopic (exact) mass is 304 g/mol. The van der Waals surface area contributed by atoms with Gasteiger partial charge in [0.05, 0.1) is 0 Å². The van der Waals surface area contributed by atoms with Crippen LogP contribution in [-0.2, 0) is 6.42 Å². The van der Waals surface area contributed by atoms with E-state index in [0.29, 0.717) is 13.0 Å². The van der Waals surface area contributed by atoms with Gasteiger partial charge in [0.1, 0.15) is 11.6 Å². The molecule has 1 aromatic heterocycles. The summed E-state index contributed by atoms with van der Waals surface area (Å²) in [5.41, 5.74) is 7.32. The van der Waals surface area contributed by atoms with Crippen LogP contribution >= 0.6 is 11.8 Å². The largest absolute Gasteiger partial charge is 0.360 e. The van der Waals surface area contributed by atoms with Gasteiger partial charge in [-0.15, -0.1) is 0 Å². The van der Waals surface area contributed by atoms with Gasteiger partial charge in [-0.05, 0) is 54.9 Å². The fraction of sp³-hybridized carbons (Fsp3) is 0.125. The van der Waals surface area contributed by atoms with Gasteiger partial charge in [0.15, 0.2) is 0 Å². The second kappa shape index (κ2) is 5.87. The van der Waals surface area contributed by atoms with Gasteiger partial charge in [0.2, 0.25) is 0 Å². The van der Waals surface area contributed by atoms with Crippen molar-refractivity contribution >= 4 is 22.7 Å². The number of halogens is 2. The molecule has 5 heteroatoms. The molecule has 0 fully saturated rings. The number of fused-ring (bicyclic) bond motifs is 1. The van der Waals surface area contributed by atoms with Crippen LogP contribution in [0, 0.1) is 11.6 Å². The molecule has 0 unspecified atom stereocenters. The van der Waals surface area contributed by atoms with Crippen LogP contribution < -0.4 is 5.73 Å². The smallest absolute Gasteiger partial charge is 0.123 e. The Kier molecular flexibility index (Phi) is 3.94. The van der Waals surface area contributed by atoms with E-state index in [2.05, 4.69) is 4.98 Å². The molecule has 21 heavy (non-hydrogen) atoms. The molecular weight excluding hydrogens is 290 g/mol. The Bertz CT molecular complexity index is 783. The zero-order chi connectivity index (χ0) is 14.8. The fourth-order valence-electron chi connectivity index (χ4n) is 2.27. The van der Waals surface area contributed by atoms with Crippen molar-refractivity contribution in [3.63, 3.8) is 0 Å². The van der Waals surface area contributed by atoms with Crippen LogP contribution in [0.4, 0.5) is 8.78 Å². The first-order chi connectivity index (χ1) is 10.2. The molecule has 0 aliphatic rings. The lowest BCUT2D eigenvalue weighted by Crippen LogP contribution is -2.04. The number of nitrogens with one attached hydrogen (secondary N) is 1. The molecule has 0 bridgehead atoms. The summed E-state index contributed by atoms with van der Waals surface area (Å²) in [6, 6.07) is 9.30. The minimum Gasteiger partial charge on any atom is -0.360 e. The molecule has 0 amide bonds. The molecule has 2 nitrogen and oxygen atoms in total. The Morgan fingerprint density at radius 3 is 2.57 bits per heavy atom. The molecule has 0 atom stereocenters. The number of hydrogen-bond donors (Lipinski definition) is 2. The number of hydrogen-bond acceptors (Lipinski definition) is 2. The number of benzene rings is 2. The zero-order valence-electron chi connectivity index (χ0n) is 11.2. The van der Waals surface area contributed by atoms with Crippen LogP contribution in [-0.4, -0.2) is 11.5 Å². The van der Waals surface area contributed by atoms with Crippen LogP contribution in [0.25, 0.3) is 10.9 Å². The average molecular weight is 304 g/mol. The van der Waals surface area contributed by atoms with E-state index >= 15 is 0 Å². The number of aromatic amines is 1. The summed E-state index contributed by atoms with van der Waals surface area (Å²) in [5.74, 6) is -0.544. The van der Waals surface area contributed by atoms with Crippen molar-refractivity contribution in [3.8, 4) is 0 Å². The second-order valence-corrected chi connectivity index (χ2v) is 5.82. The third kappa shape index (κ3) is 2.94. The summed E-state index contributed by atoms with van der Waals surface area (Å²) in [5, 5.41) is 0.822. The molecule has 0 aliphatic heterocycles. The highest BCUT2D eigenvalue weighted by atomic mass is 32.2. The molecule has 3 aromatic rings. The van der Waals surface area contributed by atoms with Gasteiger partial charge in [0, 0.05) is 26.9 Å². The quantitative estimate of drug-likeness (QED) is 0.762. The lowest BCUT2D eigenvalue weighted by Gasteiger charge is -2.08. The van der Waals surface area contributed by atoms with Crippen LogP contribution in [0.15, 0.2) is 52.4 Å². The van der Waals surface area contributed by atoms with Gasteiger partial charge in [-0.3, -0.25) is 0 Å². The van der Waals surface area contributed by atoms with Crippen LogP contribution in [0.3, 0.4) is 0 Å². The Labute approximate surface area is 125 Å². The normalized spacial score (nSPS) is 11.2. The molecule has 0 spiro atoms. The van der Waals surface area contributed by atoms with Crippen molar-refractivity contribution < 1.29 is 8.78 Å². The number of rotatable bonds is 4. The molecular formula is C16H14F2N2S. The van der Waals surface area contributed by atoms with E-state index in [0.717, 1.165) is 26.3 Å². The maximum Gasteiger partial charge on any atom is 0.123 e. The summed E-state index contributed by atoms with van der Waals surface area (Å²) in [7, 11) is 0. The topological polar surface area (TPSA) is 41.8 Å². The summed E-state index contributed by atoms with van der Waals surface area (Å²) in [4.78, 5) is 4.96. The van der Waals surface area contributed by atoms with E-state index < -0.39 is 0 Å². The van der Waals surface area contributed by atoms with E-state index in [1.807, 2.05) is 6.20 Å². The van der Waals surface area contributed by atoms with Gasteiger partial charge in [-0.1, -0.05) is 11.8 Å². The first-order valence-electron chi connectivity index (χ1n) is 6.60. The molecule has 108 valence electrons. The highest BCUT2D eigenvalue weighted by Gasteiger charge is 2.10. The summed E-state index contributed by atoms with van der Waals surface area (Å²) in [6.07, 6.45) is 2.45. The van der Waals surface area contributed by atoms with Crippen molar-refractivity contribution in [2.45, 2.75) is 16.2 Å². The lowest BCUT2D eigenvalue weighted by molar-refractivity contribution is 0.623. The van der Waals surface area contributed by atoms with E-state index in [-0.39, 0.29) is 11.6 Å². The zero-order valence-corrected chi connectivity index (χ0v) is 12.0. The lowest BCUT2D eigenvalue weighted by atomic mass is 10.1. The molecule has 0 aliphatic carbocycles. The number of aromatic nitrogens is 1. The minimum absolute atomic E-state index is 0.271. The summed E-state index contributed by atoms with van der Waals surface area (Å²) < 4.78 is 26.7.